The third-order valence-electron chi connectivity index (χ3n) is 6.34. The molecule has 0 radical (unpaired) electrons. The number of hydrogen-bond donors (Lipinski definition) is 1. The molecular weight excluding hydrogens is 456 g/mol. The van der Waals surface area contributed by atoms with Gasteiger partial charge in [-0.25, -0.2) is 4.98 Å². The van der Waals surface area contributed by atoms with Crippen LogP contribution in [0.15, 0.2) is 77.6 Å². The number of H-pyrrole nitrogens is 1. The van der Waals surface area contributed by atoms with Gasteiger partial charge in [0, 0.05) is 31.7 Å². The molecule has 8 heteroatoms. The van der Waals surface area contributed by atoms with E-state index in [4.69, 9.17) is 9.47 Å². The molecule has 1 aromatic heterocycles. The first-order valence-corrected chi connectivity index (χ1v) is 11.9. The molecule has 1 amide bonds. The lowest BCUT2D eigenvalue weighted by Crippen LogP contribution is -2.48. The summed E-state index contributed by atoms with van der Waals surface area (Å²) in [5.41, 5.74) is 2.18. The summed E-state index contributed by atoms with van der Waals surface area (Å²) < 4.78 is 11.4. The van der Waals surface area contributed by atoms with Crippen molar-refractivity contribution < 1.29 is 14.3 Å². The molecule has 0 bridgehead atoms. The maximum Gasteiger partial charge on any atom is 0.258 e. The topological polar surface area (TPSA) is 87.8 Å². The van der Waals surface area contributed by atoms with Gasteiger partial charge in [0.15, 0.2) is 11.5 Å². The Labute approximate surface area is 209 Å². The van der Waals surface area contributed by atoms with Gasteiger partial charge in [-0.05, 0) is 35.9 Å². The van der Waals surface area contributed by atoms with Crippen molar-refractivity contribution in [2.75, 3.05) is 33.3 Å². The monoisotopic (exact) mass is 484 g/mol. The van der Waals surface area contributed by atoms with Gasteiger partial charge in [-0.1, -0.05) is 42.5 Å². The van der Waals surface area contributed by atoms with E-state index in [0.717, 1.165) is 5.56 Å². The number of methoxy groups -OCH3 is 1. The lowest BCUT2D eigenvalue weighted by molar-refractivity contribution is 0.0625. The lowest BCUT2D eigenvalue weighted by atomic mass is 10.1. The van der Waals surface area contributed by atoms with Crippen LogP contribution < -0.4 is 15.0 Å². The maximum atomic E-state index is 13.2. The van der Waals surface area contributed by atoms with E-state index in [1.165, 1.54) is 0 Å². The molecule has 1 aliphatic rings. The summed E-state index contributed by atoms with van der Waals surface area (Å²) in [4.78, 5) is 37.0. The summed E-state index contributed by atoms with van der Waals surface area (Å²) in [6.45, 7) is 3.51. The van der Waals surface area contributed by atoms with E-state index in [9.17, 15) is 9.59 Å². The smallest absolute Gasteiger partial charge is 0.258 e. The number of carbonyl (C=O) groups excluding carboxylic acids is 1. The quantitative estimate of drug-likeness (QED) is 0.432. The highest BCUT2D eigenvalue weighted by Crippen LogP contribution is 2.29. The van der Waals surface area contributed by atoms with Crippen molar-refractivity contribution >= 4 is 16.8 Å². The van der Waals surface area contributed by atoms with Crippen molar-refractivity contribution in [1.82, 2.24) is 19.8 Å². The van der Waals surface area contributed by atoms with E-state index >= 15 is 0 Å². The largest absolute Gasteiger partial charge is 0.493 e. The molecule has 8 nitrogen and oxygen atoms in total. The van der Waals surface area contributed by atoms with Crippen molar-refractivity contribution in [2.45, 2.75) is 13.2 Å². The number of nitrogens with one attached hydrogen (secondary N) is 1. The number of hydrogen-bond acceptors (Lipinski definition) is 6. The average Bonchev–Trinajstić information content (AvgIpc) is 2.92. The van der Waals surface area contributed by atoms with Crippen LogP contribution in [-0.4, -0.2) is 59.0 Å². The Morgan fingerprint density at radius 2 is 1.69 bits per heavy atom. The predicted octanol–water partition coefficient (Wildman–Crippen LogP) is 3.47. The van der Waals surface area contributed by atoms with Crippen molar-refractivity contribution in [2.24, 2.45) is 0 Å². The highest BCUT2D eigenvalue weighted by Gasteiger charge is 2.23. The molecule has 0 saturated carbocycles. The van der Waals surface area contributed by atoms with Gasteiger partial charge < -0.3 is 19.4 Å². The number of nitrogens with zero attached hydrogens (tertiary/aromatic N) is 3. The van der Waals surface area contributed by atoms with Crippen LogP contribution >= 0.6 is 0 Å². The molecule has 0 unspecified atom stereocenters. The van der Waals surface area contributed by atoms with E-state index in [1.54, 1.807) is 31.4 Å². The second-order valence-corrected chi connectivity index (χ2v) is 8.74. The number of piperazine rings is 1. The second-order valence-electron chi connectivity index (χ2n) is 8.74. The average molecular weight is 485 g/mol. The maximum absolute atomic E-state index is 13.2. The van der Waals surface area contributed by atoms with Gasteiger partial charge in [0.05, 0.1) is 24.6 Å². The molecule has 1 aliphatic heterocycles. The first-order chi connectivity index (χ1) is 17.6. The Bertz CT molecular complexity index is 1410. The first-order valence-electron chi connectivity index (χ1n) is 11.9. The highest BCUT2D eigenvalue weighted by molar-refractivity contribution is 5.95. The lowest BCUT2D eigenvalue weighted by Gasteiger charge is -2.34. The van der Waals surface area contributed by atoms with E-state index < -0.39 is 0 Å². The molecule has 1 saturated heterocycles. The highest BCUT2D eigenvalue weighted by atomic mass is 16.5. The molecular formula is C28H28N4O4. The summed E-state index contributed by atoms with van der Waals surface area (Å²) in [6.07, 6.45) is 0. The number of rotatable bonds is 7. The Kier molecular flexibility index (Phi) is 6.95. The molecule has 1 N–H and O–H groups in total. The van der Waals surface area contributed by atoms with E-state index in [0.29, 0.717) is 73.1 Å². The molecule has 3 aromatic carbocycles. The van der Waals surface area contributed by atoms with Gasteiger partial charge in [0.1, 0.15) is 12.4 Å². The normalized spacial score (nSPS) is 14.1. The van der Waals surface area contributed by atoms with Crippen LogP contribution in [-0.2, 0) is 13.2 Å². The molecule has 2 heterocycles. The third-order valence-corrected chi connectivity index (χ3v) is 6.34. The van der Waals surface area contributed by atoms with Gasteiger partial charge in [-0.15, -0.1) is 0 Å². The van der Waals surface area contributed by atoms with Gasteiger partial charge >= 0.3 is 0 Å². The van der Waals surface area contributed by atoms with E-state index in [-0.39, 0.29) is 11.5 Å². The number of fused-ring (bicyclic) bond motifs is 1. The number of aromatic amines is 1. The Morgan fingerprint density at radius 3 is 2.47 bits per heavy atom. The number of ether oxygens (including phenoxy) is 2. The first kappa shape index (κ1) is 23.6. The van der Waals surface area contributed by atoms with Crippen LogP contribution in [0.5, 0.6) is 11.5 Å². The number of amides is 1. The van der Waals surface area contributed by atoms with Crippen LogP contribution in [0.25, 0.3) is 10.9 Å². The predicted molar refractivity (Wildman–Crippen MR) is 137 cm³/mol. The molecule has 0 aliphatic carbocycles. The van der Waals surface area contributed by atoms with Crippen molar-refractivity contribution in [3.05, 3.63) is 100 Å². The molecule has 0 atom stereocenters. The number of benzene rings is 3. The van der Waals surface area contributed by atoms with Crippen molar-refractivity contribution in [1.29, 1.82) is 0 Å². The standard InChI is InChI=1S/C28H28N4O4/c1-35-25-17-21(11-12-24(25)36-19-20-7-3-2-4-8-20)28(34)32-15-13-31(14-16-32)18-26-29-23-10-6-5-9-22(23)27(33)30-26/h2-12,17H,13-16,18-19H2,1H3,(H,29,30,33). The zero-order valence-electron chi connectivity index (χ0n) is 20.1. The molecule has 1 fully saturated rings. The summed E-state index contributed by atoms with van der Waals surface area (Å²) >= 11 is 0. The summed E-state index contributed by atoms with van der Waals surface area (Å²) in [6, 6.07) is 22.5. The van der Waals surface area contributed by atoms with Crippen LogP contribution in [0.2, 0.25) is 0 Å². The zero-order chi connectivity index (χ0) is 24.9. The Balaban J connectivity index is 1.19. The molecule has 36 heavy (non-hydrogen) atoms. The van der Waals surface area contributed by atoms with Crippen LogP contribution in [0, 0.1) is 0 Å². The minimum Gasteiger partial charge on any atom is -0.493 e. The Morgan fingerprint density at radius 1 is 0.944 bits per heavy atom. The summed E-state index contributed by atoms with van der Waals surface area (Å²) in [5, 5.41) is 0.587. The van der Waals surface area contributed by atoms with Crippen molar-refractivity contribution in [3.8, 4) is 11.5 Å². The molecule has 4 aromatic rings. The minimum atomic E-state index is -0.130. The van der Waals surface area contributed by atoms with Gasteiger partial charge in [-0.3, -0.25) is 14.5 Å². The molecule has 5 rings (SSSR count). The van der Waals surface area contributed by atoms with E-state index in [2.05, 4.69) is 14.9 Å². The summed E-state index contributed by atoms with van der Waals surface area (Å²) in [5.74, 6) is 1.72. The fourth-order valence-corrected chi connectivity index (χ4v) is 4.37. The number of carbonyl (C=O) groups is 1. The molecule has 184 valence electrons. The van der Waals surface area contributed by atoms with Crippen LogP contribution in [0.4, 0.5) is 0 Å². The Hall–Kier alpha value is -4.17. The zero-order valence-corrected chi connectivity index (χ0v) is 20.1. The van der Waals surface area contributed by atoms with Crippen LogP contribution in [0.1, 0.15) is 21.7 Å². The van der Waals surface area contributed by atoms with Crippen molar-refractivity contribution in [3.63, 3.8) is 0 Å². The van der Waals surface area contributed by atoms with Gasteiger partial charge in [0.2, 0.25) is 0 Å². The third kappa shape index (κ3) is 5.23. The fourth-order valence-electron chi connectivity index (χ4n) is 4.37. The fraction of sp³-hybridized carbons (Fsp3) is 0.250. The van der Waals surface area contributed by atoms with E-state index in [1.807, 2.05) is 53.4 Å². The molecule has 0 spiro atoms. The minimum absolute atomic E-state index is 0.0419. The van der Waals surface area contributed by atoms with Crippen LogP contribution in [0.3, 0.4) is 0 Å². The van der Waals surface area contributed by atoms with Gasteiger partial charge in [-0.2, -0.15) is 0 Å². The number of para-hydroxylation sites is 1. The van der Waals surface area contributed by atoms with Gasteiger partial charge in [0.25, 0.3) is 11.5 Å². The SMILES string of the molecule is COc1cc(C(=O)N2CCN(Cc3nc4ccccc4c(=O)[nH]3)CC2)ccc1OCc1ccccc1. The number of aromatic nitrogens is 2. The second kappa shape index (κ2) is 10.6. The summed E-state index contributed by atoms with van der Waals surface area (Å²) in [7, 11) is 1.57.